The first-order chi connectivity index (χ1) is 16.9. The molecular formula is C28H22ClFN2O3. The molecule has 3 aromatic carbocycles. The number of benzene rings is 3. The Morgan fingerprint density at radius 3 is 2.46 bits per heavy atom. The Morgan fingerprint density at radius 1 is 1.09 bits per heavy atom. The minimum absolute atomic E-state index is 0.0531. The number of anilines is 1. The molecule has 2 N–H and O–H groups in total. The van der Waals surface area contributed by atoms with Crippen molar-refractivity contribution in [3.63, 3.8) is 0 Å². The van der Waals surface area contributed by atoms with Crippen LogP contribution in [-0.4, -0.2) is 21.9 Å². The molecular weight excluding hydrogens is 467 g/mol. The van der Waals surface area contributed by atoms with Gasteiger partial charge in [0.05, 0.1) is 17.0 Å². The molecule has 0 radical (unpaired) electrons. The maximum atomic E-state index is 14.4. The molecule has 7 heteroatoms. The van der Waals surface area contributed by atoms with E-state index in [2.05, 4.69) is 12.0 Å². The average Bonchev–Trinajstić information content (AvgIpc) is 3.07. The minimum atomic E-state index is -1.32. The van der Waals surface area contributed by atoms with Gasteiger partial charge >= 0.3 is 0 Å². The minimum Gasteiger partial charge on any atom is -0.508 e. The second-order valence-electron chi connectivity index (χ2n) is 8.70. The standard InChI is InChI=1S/C28H22ClFN2O3/c1-2-17-6-15-24-26(34)32(31-22-13-11-21(30)12-14-22)27(35)28(24,19-7-9-20(29)10-8-19)25(17)18-4-3-5-23(33)16-18/h2-14,16,24-25,31,33H,1,15H2. The molecule has 1 heterocycles. The number of rotatable bonds is 5. The third-order valence-corrected chi connectivity index (χ3v) is 7.10. The smallest absolute Gasteiger partial charge is 0.260 e. The first-order valence-electron chi connectivity index (χ1n) is 11.1. The summed E-state index contributed by atoms with van der Waals surface area (Å²) in [6.07, 6.45) is 3.94. The summed E-state index contributed by atoms with van der Waals surface area (Å²) in [5, 5.41) is 11.8. The quantitative estimate of drug-likeness (QED) is 0.450. The number of aromatic hydroxyl groups is 1. The summed E-state index contributed by atoms with van der Waals surface area (Å²) >= 11 is 6.17. The van der Waals surface area contributed by atoms with E-state index in [-0.39, 0.29) is 5.75 Å². The zero-order chi connectivity index (χ0) is 24.7. The Hall–Kier alpha value is -3.90. The van der Waals surface area contributed by atoms with E-state index in [9.17, 15) is 19.1 Å². The molecule has 1 fully saturated rings. The molecule has 0 bridgehead atoms. The summed E-state index contributed by atoms with van der Waals surface area (Å²) in [7, 11) is 0. The van der Waals surface area contributed by atoms with Crippen LogP contribution in [0, 0.1) is 11.7 Å². The van der Waals surface area contributed by atoms with Gasteiger partial charge in [-0.2, -0.15) is 5.01 Å². The highest BCUT2D eigenvalue weighted by atomic mass is 35.5. The molecule has 5 rings (SSSR count). The summed E-state index contributed by atoms with van der Waals surface area (Å²) < 4.78 is 13.4. The molecule has 3 unspecified atom stereocenters. The van der Waals surface area contributed by atoms with Crippen molar-refractivity contribution in [1.29, 1.82) is 0 Å². The summed E-state index contributed by atoms with van der Waals surface area (Å²) in [4.78, 5) is 28.1. The molecule has 176 valence electrons. The second kappa shape index (κ2) is 8.71. The van der Waals surface area contributed by atoms with Crippen LogP contribution in [0.4, 0.5) is 10.1 Å². The van der Waals surface area contributed by atoms with E-state index in [1.807, 2.05) is 12.1 Å². The predicted molar refractivity (Wildman–Crippen MR) is 132 cm³/mol. The first kappa shape index (κ1) is 22.9. The van der Waals surface area contributed by atoms with Crippen LogP contribution >= 0.6 is 11.6 Å². The van der Waals surface area contributed by atoms with Gasteiger partial charge < -0.3 is 5.11 Å². The van der Waals surface area contributed by atoms with Gasteiger partial charge in [0.25, 0.3) is 11.8 Å². The van der Waals surface area contributed by atoms with Gasteiger partial charge in [-0.1, -0.05) is 54.6 Å². The molecule has 3 atom stereocenters. The SMILES string of the molecule is C=CC1=CCC2C(=O)N(Nc3ccc(F)cc3)C(=O)C2(c2ccc(Cl)cc2)C1c1cccc(O)c1. The van der Waals surface area contributed by atoms with Crippen LogP contribution in [0.2, 0.25) is 5.02 Å². The van der Waals surface area contributed by atoms with Gasteiger partial charge in [-0.05, 0) is 71.7 Å². The Labute approximate surface area is 207 Å². The van der Waals surface area contributed by atoms with Gasteiger partial charge in [0.1, 0.15) is 11.6 Å². The van der Waals surface area contributed by atoms with Gasteiger partial charge in [0.2, 0.25) is 0 Å². The molecule has 3 aromatic rings. The third-order valence-electron chi connectivity index (χ3n) is 6.85. The third kappa shape index (κ3) is 3.61. The molecule has 1 saturated heterocycles. The van der Waals surface area contributed by atoms with E-state index >= 15 is 0 Å². The number of halogens is 2. The van der Waals surface area contributed by atoms with Crippen LogP contribution < -0.4 is 5.43 Å². The second-order valence-corrected chi connectivity index (χ2v) is 9.13. The summed E-state index contributed by atoms with van der Waals surface area (Å²) in [5.41, 5.74) is 4.08. The van der Waals surface area contributed by atoms with Gasteiger partial charge in [-0.15, -0.1) is 0 Å². The molecule has 35 heavy (non-hydrogen) atoms. The van der Waals surface area contributed by atoms with Crippen molar-refractivity contribution in [3.05, 3.63) is 119 Å². The van der Waals surface area contributed by atoms with E-state index in [1.165, 1.54) is 24.3 Å². The van der Waals surface area contributed by atoms with Crippen LogP contribution in [0.5, 0.6) is 5.75 Å². The van der Waals surface area contributed by atoms with E-state index in [0.29, 0.717) is 28.3 Å². The Morgan fingerprint density at radius 2 is 1.80 bits per heavy atom. The number of amides is 2. The number of hydrazine groups is 1. The fourth-order valence-electron chi connectivity index (χ4n) is 5.37. The van der Waals surface area contributed by atoms with Crippen molar-refractivity contribution in [3.8, 4) is 5.75 Å². The van der Waals surface area contributed by atoms with Crippen molar-refractivity contribution in [2.75, 3.05) is 5.43 Å². The van der Waals surface area contributed by atoms with E-state index in [0.717, 1.165) is 10.6 Å². The highest BCUT2D eigenvalue weighted by Gasteiger charge is 2.65. The van der Waals surface area contributed by atoms with Crippen LogP contribution in [0.15, 0.2) is 97.1 Å². The van der Waals surface area contributed by atoms with Crippen LogP contribution in [0.25, 0.3) is 0 Å². The fraction of sp³-hybridized carbons (Fsp3) is 0.143. The van der Waals surface area contributed by atoms with Gasteiger partial charge in [-0.3, -0.25) is 15.0 Å². The molecule has 1 aliphatic heterocycles. The van der Waals surface area contributed by atoms with Crippen molar-refractivity contribution in [2.45, 2.75) is 17.8 Å². The van der Waals surface area contributed by atoms with E-state index in [4.69, 9.17) is 11.6 Å². The van der Waals surface area contributed by atoms with Crippen LogP contribution in [0.1, 0.15) is 23.5 Å². The lowest BCUT2D eigenvalue weighted by atomic mass is 9.56. The predicted octanol–water partition coefficient (Wildman–Crippen LogP) is 5.73. The monoisotopic (exact) mass is 488 g/mol. The zero-order valence-corrected chi connectivity index (χ0v) is 19.4. The maximum Gasteiger partial charge on any atom is 0.260 e. The lowest BCUT2D eigenvalue weighted by molar-refractivity contribution is -0.138. The lowest BCUT2D eigenvalue weighted by Crippen LogP contribution is -2.48. The summed E-state index contributed by atoms with van der Waals surface area (Å²) in [6.45, 7) is 3.96. The molecule has 2 aliphatic rings. The van der Waals surface area contributed by atoms with Crippen molar-refractivity contribution >= 4 is 29.1 Å². The van der Waals surface area contributed by atoms with Crippen LogP contribution in [-0.2, 0) is 15.0 Å². The number of carbonyl (C=O) groups excluding carboxylic acids is 2. The summed E-state index contributed by atoms with van der Waals surface area (Å²) in [6, 6.07) is 19.1. The largest absolute Gasteiger partial charge is 0.508 e. The topological polar surface area (TPSA) is 69.6 Å². The molecule has 0 spiro atoms. The number of allylic oxidation sites excluding steroid dienone is 3. The van der Waals surface area contributed by atoms with Crippen molar-refractivity contribution in [1.82, 2.24) is 5.01 Å². The Kier molecular flexibility index (Phi) is 5.69. The fourth-order valence-corrected chi connectivity index (χ4v) is 5.49. The molecule has 2 amide bonds. The highest BCUT2D eigenvalue weighted by molar-refractivity contribution is 6.30. The Bertz CT molecular complexity index is 1350. The highest BCUT2D eigenvalue weighted by Crippen LogP contribution is 2.57. The van der Waals surface area contributed by atoms with Crippen LogP contribution in [0.3, 0.4) is 0 Å². The molecule has 0 aromatic heterocycles. The number of hydrogen-bond donors (Lipinski definition) is 2. The number of nitrogens with zero attached hydrogens (tertiary/aromatic N) is 1. The molecule has 1 aliphatic carbocycles. The number of phenols is 1. The van der Waals surface area contributed by atoms with Crippen molar-refractivity contribution < 1.29 is 19.1 Å². The van der Waals surface area contributed by atoms with Gasteiger partial charge in [0, 0.05) is 10.9 Å². The zero-order valence-electron chi connectivity index (χ0n) is 18.6. The van der Waals surface area contributed by atoms with E-state index < -0.39 is 34.9 Å². The number of phenolic OH excluding ortho intramolecular Hbond substituents is 1. The molecule has 0 saturated carbocycles. The summed E-state index contributed by atoms with van der Waals surface area (Å²) in [5.74, 6) is -2.52. The number of imide groups is 1. The maximum absolute atomic E-state index is 14.4. The van der Waals surface area contributed by atoms with Crippen molar-refractivity contribution in [2.24, 2.45) is 5.92 Å². The lowest BCUT2D eigenvalue weighted by Gasteiger charge is -2.43. The Balaban J connectivity index is 1.73. The number of nitrogens with one attached hydrogen (secondary N) is 1. The van der Waals surface area contributed by atoms with Gasteiger partial charge in [-0.25, -0.2) is 4.39 Å². The first-order valence-corrected chi connectivity index (χ1v) is 11.5. The van der Waals surface area contributed by atoms with E-state index in [1.54, 1.807) is 48.5 Å². The average molecular weight is 489 g/mol. The number of carbonyl (C=O) groups is 2. The molecule has 5 nitrogen and oxygen atoms in total. The number of hydrogen-bond acceptors (Lipinski definition) is 4. The van der Waals surface area contributed by atoms with Gasteiger partial charge in [0.15, 0.2) is 0 Å². The number of fused-ring (bicyclic) bond motifs is 1. The normalized spacial score (nSPS) is 23.6.